The molecule has 1 aromatic heterocycles. The van der Waals surface area contributed by atoms with Crippen molar-refractivity contribution in [2.45, 2.75) is 4.90 Å². The Balaban J connectivity index is 1.89. The van der Waals surface area contributed by atoms with Gasteiger partial charge in [0.05, 0.1) is 16.2 Å². The lowest BCUT2D eigenvalue weighted by Crippen LogP contribution is -2.13. The number of pyridine rings is 1. The highest BCUT2D eigenvalue weighted by atomic mass is 32.2. The van der Waals surface area contributed by atoms with Gasteiger partial charge in [-0.15, -0.1) is 0 Å². The first-order valence-corrected chi connectivity index (χ1v) is 9.13. The summed E-state index contributed by atoms with van der Waals surface area (Å²) in [7, 11) is -1.64. The van der Waals surface area contributed by atoms with E-state index in [9.17, 15) is 9.00 Å². The Morgan fingerprint density at radius 3 is 2.56 bits per heavy atom. The van der Waals surface area contributed by atoms with Gasteiger partial charge in [0.1, 0.15) is 11.0 Å². The highest BCUT2D eigenvalue weighted by Gasteiger charge is 2.13. The van der Waals surface area contributed by atoms with Gasteiger partial charge in [0.2, 0.25) is 0 Å². The fraction of sp³-hybridized carbons (Fsp3) is 0. The van der Waals surface area contributed by atoms with Crippen LogP contribution in [0.25, 0.3) is 0 Å². The van der Waals surface area contributed by atoms with Gasteiger partial charge in [-0.05, 0) is 42.5 Å². The van der Waals surface area contributed by atoms with E-state index in [0.29, 0.717) is 33.0 Å². The highest BCUT2D eigenvalue weighted by Crippen LogP contribution is 2.22. The molecule has 2 aromatic carbocycles. The molecule has 3 rings (SSSR count). The number of nitrogens with one attached hydrogen (secondary N) is 2. The lowest BCUT2D eigenvalue weighted by molar-refractivity contribution is 0.102. The molecule has 1 unspecified atom stereocenters. The van der Waals surface area contributed by atoms with Gasteiger partial charge >= 0.3 is 0 Å². The van der Waals surface area contributed by atoms with E-state index in [0.717, 1.165) is 0 Å². The topological polar surface area (TPSA) is 135 Å². The number of carbonyl (C=O) groups excluding carboxylic acids is 1. The van der Waals surface area contributed by atoms with Gasteiger partial charge in [0, 0.05) is 34.9 Å². The molecule has 8 heteroatoms. The molecule has 0 spiro atoms. The summed E-state index contributed by atoms with van der Waals surface area (Å²) in [4.78, 5) is 16.6. The molecule has 1 atom stereocenters. The van der Waals surface area contributed by atoms with Crippen LogP contribution in [0.1, 0.15) is 21.5 Å². The minimum absolute atomic E-state index is 0.136. The average Bonchev–Trinajstić information content (AvgIpc) is 2.69. The van der Waals surface area contributed by atoms with Crippen molar-refractivity contribution in [3.63, 3.8) is 0 Å². The molecular formula is C19H17N5O2S. The van der Waals surface area contributed by atoms with E-state index in [1.54, 1.807) is 60.8 Å². The maximum atomic E-state index is 12.3. The van der Waals surface area contributed by atoms with Gasteiger partial charge in [0.25, 0.3) is 5.91 Å². The fourth-order valence-electron chi connectivity index (χ4n) is 2.48. The summed E-state index contributed by atoms with van der Waals surface area (Å²) in [5, 5.41) is 16.6. The van der Waals surface area contributed by atoms with E-state index < -0.39 is 11.0 Å². The second-order valence-electron chi connectivity index (χ2n) is 5.70. The molecule has 136 valence electrons. The van der Waals surface area contributed by atoms with Crippen LogP contribution in [0.2, 0.25) is 0 Å². The second-order valence-corrected chi connectivity index (χ2v) is 6.76. The Morgan fingerprint density at radius 2 is 1.85 bits per heavy atom. The zero-order valence-corrected chi connectivity index (χ0v) is 15.0. The minimum Gasteiger partial charge on any atom is -0.398 e. The van der Waals surface area contributed by atoms with Gasteiger partial charge < -0.3 is 11.1 Å². The smallest absolute Gasteiger partial charge is 0.257 e. The summed E-state index contributed by atoms with van der Waals surface area (Å²) >= 11 is 0. The predicted octanol–water partition coefficient (Wildman–Crippen LogP) is 2.31. The predicted molar refractivity (Wildman–Crippen MR) is 106 cm³/mol. The van der Waals surface area contributed by atoms with Crippen LogP contribution in [0.5, 0.6) is 0 Å². The van der Waals surface area contributed by atoms with E-state index in [1.165, 1.54) is 6.20 Å². The number of hydrogen-bond acceptors (Lipinski definition) is 5. The maximum Gasteiger partial charge on any atom is 0.257 e. The van der Waals surface area contributed by atoms with Crippen molar-refractivity contribution in [2.75, 3.05) is 11.1 Å². The fourth-order valence-corrected chi connectivity index (χ4v) is 2.94. The normalized spacial score (nSPS) is 11.6. The van der Waals surface area contributed by atoms with E-state index in [2.05, 4.69) is 10.3 Å². The third-order valence-corrected chi connectivity index (χ3v) is 4.58. The number of nitrogens with zero attached hydrogens (tertiary/aromatic N) is 1. The van der Waals surface area contributed by atoms with Crippen LogP contribution in [-0.2, 0) is 11.0 Å². The third-order valence-electron chi connectivity index (χ3n) is 3.86. The summed E-state index contributed by atoms with van der Waals surface area (Å²) in [5.74, 6) is -0.314. The highest BCUT2D eigenvalue weighted by molar-refractivity contribution is 7.82. The maximum absolute atomic E-state index is 12.3. The number of anilines is 2. The number of nitrogens with two attached hydrogens (primary N) is 2. The third kappa shape index (κ3) is 4.25. The molecule has 0 aliphatic heterocycles. The van der Waals surface area contributed by atoms with Crippen molar-refractivity contribution < 1.29 is 9.00 Å². The zero-order chi connectivity index (χ0) is 19.4. The van der Waals surface area contributed by atoms with Crippen LogP contribution in [0.3, 0.4) is 0 Å². The first kappa shape index (κ1) is 18.4. The number of carbonyl (C=O) groups is 1. The van der Waals surface area contributed by atoms with Crippen molar-refractivity contribution in [3.8, 4) is 0 Å². The quantitative estimate of drug-likeness (QED) is 0.399. The van der Waals surface area contributed by atoms with Gasteiger partial charge in [-0.25, -0.2) is 9.35 Å². The van der Waals surface area contributed by atoms with Crippen molar-refractivity contribution in [1.29, 1.82) is 5.41 Å². The second kappa shape index (κ2) is 7.90. The Bertz CT molecular complexity index is 1040. The van der Waals surface area contributed by atoms with Crippen LogP contribution in [-0.4, -0.2) is 20.8 Å². The van der Waals surface area contributed by atoms with Gasteiger partial charge in [-0.3, -0.25) is 15.2 Å². The van der Waals surface area contributed by atoms with Crippen molar-refractivity contribution in [1.82, 2.24) is 4.98 Å². The number of aromatic nitrogens is 1. The molecule has 27 heavy (non-hydrogen) atoms. The Morgan fingerprint density at radius 1 is 1.07 bits per heavy atom. The molecule has 3 aromatic rings. The van der Waals surface area contributed by atoms with Crippen molar-refractivity contribution in [3.05, 3.63) is 83.7 Å². The van der Waals surface area contributed by atoms with E-state index >= 15 is 0 Å². The van der Waals surface area contributed by atoms with Crippen LogP contribution in [0.4, 0.5) is 11.4 Å². The van der Waals surface area contributed by atoms with Gasteiger partial charge in [0.15, 0.2) is 0 Å². The number of amides is 1. The molecule has 0 aliphatic rings. The van der Waals surface area contributed by atoms with Crippen LogP contribution in [0, 0.1) is 5.41 Å². The monoisotopic (exact) mass is 379 g/mol. The molecule has 0 saturated heterocycles. The molecule has 6 N–H and O–H groups in total. The van der Waals surface area contributed by atoms with Gasteiger partial charge in [-0.2, -0.15) is 0 Å². The van der Waals surface area contributed by atoms with Crippen molar-refractivity contribution >= 4 is 34.0 Å². The standard InChI is InChI=1S/C19H17N5O2S/c20-17-7-6-14(24-19(25)13-4-2-8-23-11-13)10-16(17)18(21)12-3-1-5-15(9-12)27(22)26/h1-11,21H,20,22H2,(H,24,25). The number of nitrogen functional groups attached to an aromatic ring is 1. The largest absolute Gasteiger partial charge is 0.398 e. The summed E-state index contributed by atoms with van der Waals surface area (Å²) in [6.45, 7) is 0. The lowest BCUT2D eigenvalue weighted by Gasteiger charge is -2.12. The lowest BCUT2D eigenvalue weighted by atomic mass is 10.0. The Hall–Kier alpha value is -3.36. The summed E-state index contributed by atoms with van der Waals surface area (Å²) < 4.78 is 11.5. The molecule has 0 radical (unpaired) electrons. The SMILES string of the molecule is N=C(c1cccc(S(N)=O)c1)c1cc(NC(=O)c2cccnc2)ccc1N. The molecule has 1 amide bonds. The first-order chi connectivity index (χ1) is 13.0. The van der Waals surface area contributed by atoms with Gasteiger partial charge in [-0.1, -0.05) is 12.1 Å². The van der Waals surface area contributed by atoms with E-state index in [-0.39, 0.29) is 11.6 Å². The molecule has 1 heterocycles. The number of benzene rings is 2. The minimum atomic E-state index is -1.64. The van der Waals surface area contributed by atoms with Crippen LogP contribution < -0.4 is 16.2 Å². The average molecular weight is 379 g/mol. The number of rotatable bonds is 5. The number of hydrogen-bond donors (Lipinski definition) is 4. The summed E-state index contributed by atoms with van der Waals surface area (Å²) in [5.41, 5.74) is 8.43. The molecule has 0 saturated carbocycles. The van der Waals surface area contributed by atoms with Crippen LogP contribution in [0.15, 0.2) is 71.9 Å². The summed E-state index contributed by atoms with van der Waals surface area (Å²) in [6, 6.07) is 14.8. The molecular weight excluding hydrogens is 362 g/mol. The molecule has 0 bridgehead atoms. The Kier molecular flexibility index (Phi) is 5.39. The first-order valence-electron chi connectivity index (χ1n) is 7.92. The summed E-state index contributed by atoms with van der Waals surface area (Å²) in [6.07, 6.45) is 3.05. The van der Waals surface area contributed by atoms with Crippen LogP contribution >= 0.6 is 0 Å². The Labute approximate surface area is 158 Å². The molecule has 0 fully saturated rings. The molecule has 7 nitrogen and oxygen atoms in total. The zero-order valence-electron chi connectivity index (χ0n) is 14.2. The van der Waals surface area contributed by atoms with E-state index in [4.69, 9.17) is 16.3 Å². The molecule has 0 aliphatic carbocycles. The van der Waals surface area contributed by atoms with Crippen molar-refractivity contribution in [2.24, 2.45) is 5.14 Å². The van der Waals surface area contributed by atoms with E-state index in [1.807, 2.05) is 0 Å².